The van der Waals surface area contributed by atoms with Gasteiger partial charge in [-0.15, -0.1) is 0 Å². The van der Waals surface area contributed by atoms with Crippen molar-refractivity contribution in [2.75, 3.05) is 0 Å². The van der Waals surface area contributed by atoms with Crippen molar-refractivity contribution in [2.24, 2.45) is 0 Å². The fourth-order valence-electron chi connectivity index (χ4n) is 3.83. The molecule has 0 bridgehead atoms. The minimum atomic E-state index is 0.497. The van der Waals surface area contributed by atoms with E-state index in [1.54, 1.807) is 18.6 Å². The number of H-pyrrole nitrogens is 1. The number of rotatable bonds is 2. The molecule has 0 atom stereocenters. The molecule has 1 aliphatic rings. The van der Waals surface area contributed by atoms with E-state index in [0.717, 1.165) is 33.9 Å². The second kappa shape index (κ2) is 5.40. The maximum absolute atomic E-state index is 5.02. The van der Waals surface area contributed by atoms with Crippen molar-refractivity contribution in [1.82, 2.24) is 29.3 Å². The first kappa shape index (κ1) is 13.7. The standard InChI is InChI=1S/C18H18N6/c1-2-4-12(5-3-1)18-23-16(13-10-19-8-9-20-13)15-11-22-17-14(24(15)18)6-7-21-17/h6-12,21H,1-5H2. The van der Waals surface area contributed by atoms with Crippen molar-refractivity contribution in [2.45, 2.75) is 38.0 Å². The summed E-state index contributed by atoms with van der Waals surface area (Å²) in [6.07, 6.45) is 15.3. The van der Waals surface area contributed by atoms with E-state index in [0.29, 0.717) is 5.92 Å². The smallest absolute Gasteiger partial charge is 0.154 e. The molecule has 4 heterocycles. The minimum absolute atomic E-state index is 0.497. The van der Waals surface area contributed by atoms with Gasteiger partial charge in [0.15, 0.2) is 5.65 Å². The average Bonchev–Trinajstić information content (AvgIpc) is 3.27. The van der Waals surface area contributed by atoms with Crippen LogP contribution in [0.25, 0.3) is 28.1 Å². The Morgan fingerprint density at radius 2 is 1.92 bits per heavy atom. The predicted molar refractivity (Wildman–Crippen MR) is 91.7 cm³/mol. The second-order valence-corrected chi connectivity index (χ2v) is 6.43. The number of hydrogen-bond donors (Lipinski definition) is 1. The summed E-state index contributed by atoms with van der Waals surface area (Å²) in [7, 11) is 0. The van der Waals surface area contributed by atoms with Crippen LogP contribution in [0.15, 0.2) is 37.1 Å². The Labute approximate surface area is 139 Å². The zero-order chi connectivity index (χ0) is 15.9. The molecule has 1 aliphatic carbocycles. The van der Waals surface area contributed by atoms with Crippen molar-refractivity contribution in [3.8, 4) is 11.4 Å². The quantitative estimate of drug-likeness (QED) is 0.611. The summed E-state index contributed by atoms with van der Waals surface area (Å²) >= 11 is 0. The zero-order valence-electron chi connectivity index (χ0n) is 13.3. The number of imidazole rings is 1. The van der Waals surface area contributed by atoms with Crippen LogP contribution in [0, 0.1) is 0 Å². The van der Waals surface area contributed by atoms with Gasteiger partial charge < -0.3 is 4.98 Å². The van der Waals surface area contributed by atoms with Crippen LogP contribution >= 0.6 is 0 Å². The van der Waals surface area contributed by atoms with Gasteiger partial charge in [-0.3, -0.25) is 14.4 Å². The van der Waals surface area contributed by atoms with Gasteiger partial charge in [0, 0.05) is 24.5 Å². The molecule has 0 spiro atoms. The number of fused-ring (bicyclic) bond motifs is 3. The van der Waals surface area contributed by atoms with Gasteiger partial charge in [-0.25, -0.2) is 9.97 Å². The van der Waals surface area contributed by atoms with Gasteiger partial charge in [0.25, 0.3) is 0 Å². The van der Waals surface area contributed by atoms with E-state index >= 15 is 0 Å². The van der Waals surface area contributed by atoms with Crippen molar-refractivity contribution in [1.29, 1.82) is 0 Å². The van der Waals surface area contributed by atoms with Crippen LogP contribution in [-0.2, 0) is 0 Å². The number of aromatic amines is 1. The van der Waals surface area contributed by atoms with Gasteiger partial charge in [0.05, 0.1) is 23.4 Å². The molecule has 24 heavy (non-hydrogen) atoms. The highest BCUT2D eigenvalue weighted by atomic mass is 15.1. The molecule has 0 radical (unpaired) electrons. The summed E-state index contributed by atoms with van der Waals surface area (Å²) < 4.78 is 2.26. The molecule has 1 fully saturated rings. The Balaban J connectivity index is 1.81. The highest BCUT2D eigenvalue weighted by Gasteiger charge is 2.24. The number of nitrogens with zero attached hydrogens (tertiary/aromatic N) is 5. The highest BCUT2D eigenvalue weighted by Crippen LogP contribution is 2.36. The van der Waals surface area contributed by atoms with E-state index < -0.39 is 0 Å². The third kappa shape index (κ3) is 2.02. The second-order valence-electron chi connectivity index (χ2n) is 6.43. The molecule has 6 nitrogen and oxygen atoms in total. The van der Waals surface area contributed by atoms with Crippen molar-refractivity contribution in [3.05, 3.63) is 42.9 Å². The van der Waals surface area contributed by atoms with E-state index in [1.165, 1.54) is 32.1 Å². The number of hydrogen-bond acceptors (Lipinski definition) is 4. The molecule has 0 aromatic carbocycles. The monoisotopic (exact) mass is 318 g/mol. The molecule has 0 unspecified atom stereocenters. The Morgan fingerprint density at radius 1 is 1.00 bits per heavy atom. The molecule has 1 saturated carbocycles. The van der Waals surface area contributed by atoms with Gasteiger partial charge in [0.2, 0.25) is 0 Å². The van der Waals surface area contributed by atoms with Crippen LogP contribution in [-0.4, -0.2) is 29.3 Å². The lowest BCUT2D eigenvalue weighted by Gasteiger charge is -2.20. The SMILES string of the molecule is c1cnc(-c2nc(C3CCCCC3)n3c2cnc2[nH]ccc23)cn1. The molecule has 5 rings (SSSR count). The molecule has 4 aromatic rings. The number of aromatic nitrogens is 6. The first-order valence-electron chi connectivity index (χ1n) is 8.52. The maximum Gasteiger partial charge on any atom is 0.154 e. The fourth-order valence-corrected chi connectivity index (χ4v) is 3.83. The molecule has 6 heteroatoms. The molecule has 1 N–H and O–H groups in total. The highest BCUT2D eigenvalue weighted by molar-refractivity contribution is 5.82. The van der Waals surface area contributed by atoms with Gasteiger partial charge in [-0.2, -0.15) is 0 Å². The molecular weight excluding hydrogens is 300 g/mol. The topological polar surface area (TPSA) is 71.8 Å². The van der Waals surface area contributed by atoms with E-state index in [1.807, 2.05) is 12.4 Å². The molecule has 4 aromatic heterocycles. The fraction of sp³-hybridized carbons (Fsp3) is 0.333. The Kier molecular flexibility index (Phi) is 3.07. The van der Waals surface area contributed by atoms with Gasteiger partial charge in [-0.05, 0) is 18.9 Å². The summed E-state index contributed by atoms with van der Waals surface area (Å²) in [5.74, 6) is 1.63. The lowest BCUT2D eigenvalue weighted by atomic mass is 9.89. The summed E-state index contributed by atoms with van der Waals surface area (Å²) in [6.45, 7) is 0. The average molecular weight is 318 g/mol. The predicted octanol–water partition coefficient (Wildman–Crippen LogP) is 3.72. The van der Waals surface area contributed by atoms with Gasteiger partial charge >= 0.3 is 0 Å². The molecule has 120 valence electrons. The van der Waals surface area contributed by atoms with E-state index in [4.69, 9.17) is 4.98 Å². The van der Waals surface area contributed by atoms with Crippen LogP contribution in [0.2, 0.25) is 0 Å². The van der Waals surface area contributed by atoms with E-state index in [9.17, 15) is 0 Å². The third-order valence-corrected chi connectivity index (χ3v) is 4.98. The van der Waals surface area contributed by atoms with Gasteiger partial charge in [0.1, 0.15) is 17.2 Å². The third-order valence-electron chi connectivity index (χ3n) is 4.98. The summed E-state index contributed by atoms with van der Waals surface area (Å²) in [5.41, 5.74) is 4.65. The van der Waals surface area contributed by atoms with E-state index in [2.05, 4.69) is 30.4 Å². The first-order valence-corrected chi connectivity index (χ1v) is 8.52. The summed E-state index contributed by atoms with van der Waals surface area (Å²) in [6, 6.07) is 2.07. The molecule has 0 saturated heterocycles. The summed E-state index contributed by atoms with van der Waals surface area (Å²) in [5, 5.41) is 0. The Hall–Kier alpha value is -2.76. The molecule has 0 aliphatic heterocycles. The van der Waals surface area contributed by atoms with Gasteiger partial charge in [-0.1, -0.05) is 19.3 Å². The van der Waals surface area contributed by atoms with Crippen LogP contribution in [0.1, 0.15) is 43.8 Å². The first-order chi connectivity index (χ1) is 11.9. The summed E-state index contributed by atoms with van der Waals surface area (Å²) in [4.78, 5) is 21.4. The number of nitrogens with one attached hydrogen (secondary N) is 1. The van der Waals surface area contributed by atoms with E-state index in [-0.39, 0.29) is 0 Å². The van der Waals surface area contributed by atoms with Crippen molar-refractivity contribution in [3.63, 3.8) is 0 Å². The van der Waals surface area contributed by atoms with Crippen LogP contribution in [0.3, 0.4) is 0 Å². The minimum Gasteiger partial charge on any atom is -0.345 e. The lowest BCUT2D eigenvalue weighted by molar-refractivity contribution is 0.429. The lowest BCUT2D eigenvalue weighted by Crippen LogP contribution is -2.09. The van der Waals surface area contributed by atoms with Crippen LogP contribution in [0.5, 0.6) is 0 Å². The largest absolute Gasteiger partial charge is 0.345 e. The maximum atomic E-state index is 5.02. The normalized spacial score (nSPS) is 16.2. The molecule has 0 amide bonds. The van der Waals surface area contributed by atoms with Crippen LogP contribution < -0.4 is 0 Å². The zero-order valence-corrected chi connectivity index (χ0v) is 13.3. The Morgan fingerprint density at radius 3 is 2.75 bits per heavy atom. The Bertz CT molecular complexity index is 994. The van der Waals surface area contributed by atoms with Crippen LogP contribution in [0.4, 0.5) is 0 Å². The van der Waals surface area contributed by atoms with Crippen molar-refractivity contribution >= 4 is 16.7 Å². The van der Waals surface area contributed by atoms with Crippen molar-refractivity contribution < 1.29 is 0 Å². The molecular formula is C18H18N6.